The highest BCUT2D eigenvalue weighted by Gasteiger charge is 2.31. The Morgan fingerprint density at radius 1 is 1.26 bits per heavy atom. The van der Waals surface area contributed by atoms with Gasteiger partial charge in [0.25, 0.3) is 5.91 Å². The number of benzene rings is 1. The van der Waals surface area contributed by atoms with Gasteiger partial charge in [0, 0.05) is 27.8 Å². The number of carbonyl (C=O) groups excluding carboxylic acids is 1. The van der Waals surface area contributed by atoms with Crippen LogP contribution >= 0.6 is 34.7 Å². The van der Waals surface area contributed by atoms with Crippen molar-refractivity contribution in [3.05, 3.63) is 57.2 Å². The minimum Gasteiger partial charge on any atom is -0.321 e. The zero-order valence-corrected chi connectivity index (χ0v) is 12.5. The summed E-state index contributed by atoms with van der Waals surface area (Å²) in [5.74, 6) is 1.07. The zero-order valence-electron chi connectivity index (χ0n) is 10.1. The van der Waals surface area contributed by atoms with Gasteiger partial charge < -0.3 is 4.90 Å². The average molecular weight is 310 g/mol. The second kappa shape index (κ2) is 5.57. The third kappa shape index (κ3) is 2.66. The summed E-state index contributed by atoms with van der Waals surface area (Å²) in [6, 6.07) is 11.2. The normalized spacial score (nSPS) is 18.8. The molecule has 1 aliphatic heterocycles. The van der Waals surface area contributed by atoms with Crippen LogP contribution in [0.4, 0.5) is 0 Å². The zero-order chi connectivity index (χ0) is 13.2. The van der Waals surface area contributed by atoms with Gasteiger partial charge in [0.1, 0.15) is 5.37 Å². The molecule has 98 valence electrons. The molecule has 0 spiro atoms. The van der Waals surface area contributed by atoms with E-state index in [0.29, 0.717) is 10.6 Å². The van der Waals surface area contributed by atoms with Gasteiger partial charge in [-0.1, -0.05) is 17.7 Å². The van der Waals surface area contributed by atoms with E-state index in [1.54, 1.807) is 35.6 Å². The molecule has 1 amide bonds. The molecule has 2 heterocycles. The first-order valence-electron chi connectivity index (χ1n) is 5.97. The van der Waals surface area contributed by atoms with Crippen molar-refractivity contribution in [1.29, 1.82) is 0 Å². The van der Waals surface area contributed by atoms with E-state index in [1.807, 2.05) is 22.7 Å². The quantitative estimate of drug-likeness (QED) is 0.825. The minimum absolute atomic E-state index is 0.0834. The van der Waals surface area contributed by atoms with Gasteiger partial charge in [-0.05, 0) is 35.7 Å². The van der Waals surface area contributed by atoms with Gasteiger partial charge in [0.05, 0.1) is 0 Å². The van der Waals surface area contributed by atoms with E-state index in [4.69, 9.17) is 11.6 Å². The first-order chi connectivity index (χ1) is 9.25. The molecule has 19 heavy (non-hydrogen) atoms. The Balaban J connectivity index is 1.84. The van der Waals surface area contributed by atoms with Gasteiger partial charge in [0.2, 0.25) is 0 Å². The number of thiophene rings is 1. The maximum atomic E-state index is 12.5. The molecule has 1 aromatic heterocycles. The van der Waals surface area contributed by atoms with E-state index < -0.39 is 0 Å². The molecule has 2 aromatic rings. The van der Waals surface area contributed by atoms with Gasteiger partial charge in [-0.15, -0.1) is 23.1 Å². The molecule has 0 N–H and O–H groups in total. The van der Waals surface area contributed by atoms with E-state index in [9.17, 15) is 4.79 Å². The summed E-state index contributed by atoms with van der Waals surface area (Å²) >= 11 is 9.39. The van der Waals surface area contributed by atoms with E-state index in [2.05, 4.69) is 11.4 Å². The van der Waals surface area contributed by atoms with Crippen molar-refractivity contribution < 1.29 is 4.79 Å². The van der Waals surface area contributed by atoms with Crippen LogP contribution in [0.3, 0.4) is 0 Å². The molecule has 1 fully saturated rings. The van der Waals surface area contributed by atoms with Crippen molar-refractivity contribution >= 4 is 40.6 Å². The molecule has 0 bridgehead atoms. The molecule has 5 heteroatoms. The van der Waals surface area contributed by atoms with Crippen LogP contribution in [-0.4, -0.2) is 23.1 Å². The standard InChI is InChI=1S/C14H12ClNOS2/c15-11-5-3-10(4-6-11)13(17)16-7-9-19-14(16)12-2-1-8-18-12/h1-6,8,14H,7,9H2. The van der Waals surface area contributed by atoms with Crippen molar-refractivity contribution in [3.63, 3.8) is 0 Å². The summed E-state index contributed by atoms with van der Waals surface area (Å²) < 4.78 is 0. The van der Waals surface area contributed by atoms with E-state index in [-0.39, 0.29) is 11.3 Å². The molecule has 1 saturated heterocycles. The molecular formula is C14H12ClNOS2. The second-order valence-electron chi connectivity index (χ2n) is 4.24. The Hall–Kier alpha value is -0.970. The summed E-state index contributed by atoms with van der Waals surface area (Å²) in [7, 11) is 0. The summed E-state index contributed by atoms with van der Waals surface area (Å²) in [6.07, 6.45) is 0. The van der Waals surface area contributed by atoms with Crippen LogP contribution in [0.25, 0.3) is 0 Å². The van der Waals surface area contributed by atoms with Crippen LogP contribution in [0, 0.1) is 0 Å². The van der Waals surface area contributed by atoms with Crippen LogP contribution in [0.1, 0.15) is 20.6 Å². The third-order valence-corrected chi connectivity index (χ3v) is 5.60. The maximum absolute atomic E-state index is 12.5. The number of nitrogens with zero attached hydrogens (tertiary/aromatic N) is 1. The Morgan fingerprint density at radius 2 is 2.05 bits per heavy atom. The van der Waals surface area contributed by atoms with E-state index >= 15 is 0 Å². The third-order valence-electron chi connectivity index (χ3n) is 3.03. The molecule has 1 atom stereocenters. The second-order valence-corrected chi connectivity index (χ2v) is 6.85. The number of carbonyl (C=O) groups is 1. The van der Waals surface area contributed by atoms with E-state index in [0.717, 1.165) is 12.3 Å². The largest absolute Gasteiger partial charge is 0.321 e. The molecule has 1 aliphatic rings. The van der Waals surface area contributed by atoms with Crippen LogP contribution in [0.2, 0.25) is 5.02 Å². The lowest BCUT2D eigenvalue weighted by atomic mass is 10.2. The molecule has 2 nitrogen and oxygen atoms in total. The lowest BCUT2D eigenvalue weighted by Crippen LogP contribution is -2.30. The Bertz CT molecular complexity index is 568. The topological polar surface area (TPSA) is 20.3 Å². The molecule has 0 radical (unpaired) electrons. The van der Waals surface area contributed by atoms with Crippen LogP contribution in [0.15, 0.2) is 41.8 Å². The Kier molecular flexibility index (Phi) is 3.82. The number of thioether (sulfide) groups is 1. The smallest absolute Gasteiger partial charge is 0.255 e. The lowest BCUT2D eigenvalue weighted by molar-refractivity contribution is 0.0762. The minimum atomic E-state index is 0.0834. The maximum Gasteiger partial charge on any atom is 0.255 e. The van der Waals surface area contributed by atoms with Crippen LogP contribution in [-0.2, 0) is 0 Å². The molecule has 0 saturated carbocycles. The summed E-state index contributed by atoms with van der Waals surface area (Å²) in [4.78, 5) is 15.7. The van der Waals surface area contributed by atoms with Crippen molar-refractivity contribution in [3.8, 4) is 0 Å². The van der Waals surface area contributed by atoms with Gasteiger partial charge in [0.15, 0.2) is 0 Å². The fraction of sp³-hybridized carbons (Fsp3) is 0.214. The van der Waals surface area contributed by atoms with Crippen molar-refractivity contribution in [2.24, 2.45) is 0 Å². The number of rotatable bonds is 2. The molecule has 1 aromatic carbocycles. The van der Waals surface area contributed by atoms with Gasteiger partial charge in [-0.25, -0.2) is 0 Å². The highest BCUT2D eigenvalue weighted by molar-refractivity contribution is 7.99. The number of halogens is 1. The first kappa shape index (κ1) is 13.0. The van der Waals surface area contributed by atoms with Crippen LogP contribution < -0.4 is 0 Å². The van der Waals surface area contributed by atoms with E-state index in [1.165, 1.54) is 4.88 Å². The fourth-order valence-electron chi connectivity index (χ4n) is 2.10. The Morgan fingerprint density at radius 3 is 2.74 bits per heavy atom. The Labute approximate surface area is 125 Å². The SMILES string of the molecule is O=C(c1ccc(Cl)cc1)N1CCSC1c1cccs1. The van der Waals surface area contributed by atoms with Crippen molar-refractivity contribution in [2.75, 3.05) is 12.3 Å². The molecule has 1 unspecified atom stereocenters. The molecule has 0 aliphatic carbocycles. The van der Waals surface area contributed by atoms with Crippen molar-refractivity contribution in [2.45, 2.75) is 5.37 Å². The summed E-state index contributed by atoms with van der Waals surface area (Å²) in [6.45, 7) is 0.800. The summed E-state index contributed by atoms with van der Waals surface area (Å²) in [5, 5.41) is 2.87. The highest BCUT2D eigenvalue weighted by Crippen LogP contribution is 2.40. The molecule has 3 rings (SSSR count). The monoisotopic (exact) mass is 309 g/mol. The predicted molar refractivity (Wildman–Crippen MR) is 82.0 cm³/mol. The number of hydrogen-bond donors (Lipinski definition) is 0. The number of amides is 1. The summed E-state index contributed by atoms with van der Waals surface area (Å²) in [5.41, 5.74) is 0.702. The van der Waals surface area contributed by atoms with Crippen molar-refractivity contribution in [1.82, 2.24) is 4.90 Å². The number of hydrogen-bond acceptors (Lipinski definition) is 3. The fourth-order valence-corrected chi connectivity index (χ4v) is 4.46. The molecular weight excluding hydrogens is 298 g/mol. The van der Waals surface area contributed by atoms with Gasteiger partial charge in [-0.2, -0.15) is 0 Å². The van der Waals surface area contributed by atoms with Gasteiger partial charge in [-0.3, -0.25) is 4.79 Å². The predicted octanol–water partition coefficient (Wildman–Crippen LogP) is 4.29. The highest BCUT2D eigenvalue weighted by atomic mass is 35.5. The van der Waals surface area contributed by atoms with Crippen LogP contribution in [0.5, 0.6) is 0 Å². The average Bonchev–Trinajstić information content (AvgIpc) is 3.09. The lowest BCUT2D eigenvalue weighted by Gasteiger charge is -2.23. The van der Waals surface area contributed by atoms with Gasteiger partial charge >= 0.3 is 0 Å². The first-order valence-corrected chi connectivity index (χ1v) is 8.28.